The van der Waals surface area contributed by atoms with Crippen molar-refractivity contribution < 1.29 is 44.1 Å². The topological polar surface area (TPSA) is 163 Å². The molecule has 3 N–H and O–H groups in total. The molecule has 0 aliphatic carbocycles. The summed E-state index contributed by atoms with van der Waals surface area (Å²) in [7, 11) is 0. The van der Waals surface area contributed by atoms with Crippen molar-refractivity contribution in [3.8, 4) is 0 Å². The van der Waals surface area contributed by atoms with Gasteiger partial charge in [-0.25, -0.2) is 0 Å². The molecule has 0 rings (SSSR count). The minimum absolute atomic E-state index is 0.431. The molecule has 0 aromatic heterocycles. The van der Waals surface area contributed by atoms with Gasteiger partial charge in [-0.15, -0.1) is 0 Å². The number of aliphatic carboxylic acids is 3. The first-order valence-electron chi connectivity index (χ1n) is 8.94. The van der Waals surface area contributed by atoms with Crippen molar-refractivity contribution in [2.24, 2.45) is 0 Å². The highest BCUT2D eigenvalue weighted by molar-refractivity contribution is 6.88. The first kappa shape index (κ1) is 26.0. The van der Waals surface area contributed by atoms with Gasteiger partial charge in [0.15, 0.2) is 0 Å². The third-order valence-electron chi connectivity index (χ3n) is 6.18. The van der Waals surface area contributed by atoms with Crippen LogP contribution in [0.3, 0.4) is 0 Å². The highest BCUT2D eigenvalue weighted by atomic mass is 27.2. The second kappa shape index (κ2) is 8.97. The molecule has 0 aromatic rings. The monoisotopic (exact) mass is 414 g/mol. The molecule has 3 unspecified atom stereocenters. The Hall–Kier alpha value is -2.05. The number of ketones is 3. The average Bonchev–Trinajstić information content (AvgIpc) is 2.55. The number of carbonyl (C=O) groups excluding carboxylic acids is 3. The highest BCUT2D eigenvalue weighted by Gasteiger charge is 2.76. The lowest BCUT2D eigenvalue weighted by atomic mass is 9.96. The number of carboxylic acid groups (broad SMARTS) is 3. The van der Waals surface area contributed by atoms with Gasteiger partial charge >= 0.3 is 32.1 Å². The van der Waals surface area contributed by atoms with E-state index in [0.717, 1.165) is 20.8 Å². The van der Waals surface area contributed by atoms with E-state index in [4.69, 9.17) is 0 Å². The first-order chi connectivity index (χ1) is 12.7. The Bertz CT molecular complexity index is 573. The van der Waals surface area contributed by atoms with E-state index in [9.17, 15) is 44.1 Å². The van der Waals surface area contributed by atoms with Crippen LogP contribution in [0.2, 0.25) is 12.8 Å². The van der Waals surface area contributed by atoms with E-state index in [2.05, 4.69) is 0 Å². The lowest BCUT2D eigenvalue weighted by Gasteiger charge is -2.47. The number of carboxylic acids is 3. The Kier molecular flexibility index (Phi) is 8.31. The van der Waals surface area contributed by atoms with E-state index in [0.29, 0.717) is 0 Å². The van der Waals surface area contributed by atoms with Gasteiger partial charge in [0.1, 0.15) is 17.3 Å². The maximum atomic E-state index is 12.6. The predicted molar refractivity (Wildman–Crippen MR) is 99.7 cm³/mol. The van der Waals surface area contributed by atoms with Crippen LogP contribution < -0.4 is 0 Å². The van der Waals surface area contributed by atoms with Crippen LogP contribution in [0.5, 0.6) is 0 Å². The number of hydrogen-bond donors (Lipinski definition) is 3. The maximum Gasteiger partial charge on any atom is 0.369 e. The molecule has 3 atom stereocenters. The van der Waals surface area contributed by atoms with Gasteiger partial charge in [-0.2, -0.15) is 0 Å². The molecular weight excluding hydrogens is 387 g/mol. The molecule has 0 aromatic carbocycles. The van der Waals surface area contributed by atoms with Crippen LogP contribution >= 0.6 is 0 Å². The molecule has 9 nitrogen and oxygen atoms in total. The van der Waals surface area contributed by atoms with Gasteiger partial charge in [0.05, 0.1) is 12.8 Å². The smallest absolute Gasteiger partial charge is 0.369 e. The molecule has 0 fully saturated rings. The van der Waals surface area contributed by atoms with Crippen molar-refractivity contribution in [3.63, 3.8) is 0 Å². The van der Waals surface area contributed by atoms with Crippen LogP contribution in [0.15, 0.2) is 0 Å². The second-order valence-electron chi connectivity index (χ2n) is 6.99. The quantitative estimate of drug-likeness (QED) is 0.320. The van der Waals surface area contributed by atoms with Gasteiger partial charge in [0, 0.05) is 0 Å². The molecule has 156 valence electrons. The molecular formula is C18H27AlO9. The van der Waals surface area contributed by atoms with E-state index in [1.165, 1.54) is 20.8 Å². The first-order valence-corrected chi connectivity index (χ1v) is 10.7. The zero-order valence-electron chi connectivity index (χ0n) is 17.0. The third-order valence-corrected chi connectivity index (χ3v) is 12.3. The van der Waals surface area contributed by atoms with Gasteiger partial charge in [0.2, 0.25) is 0 Å². The van der Waals surface area contributed by atoms with Crippen LogP contribution in [0.1, 0.15) is 60.8 Å². The molecule has 0 amide bonds. The van der Waals surface area contributed by atoms with E-state index >= 15 is 0 Å². The Balaban J connectivity index is 7.95. The lowest BCUT2D eigenvalue weighted by Crippen LogP contribution is -2.64. The predicted octanol–water partition coefficient (Wildman–Crippen LogP) is 1.95. The molecule has 28 heavy (non-hydrogen) atoms. The lowest BCUT2D eigenvalue weighted by molar-refractivity contribution is -0.146. The molecule has 0 saturated carbocycles. The number of rotatable bonds is 12. The third kappa shape index (κ3) is 3.40. The van der Waals surface area contributed by atoms with Crippen molar-refractivity contribution in [3.05, 3.63) is 0 Å². The maximum absolute atomic E-state index is 12.6. The Morgan fingerprint density at radius 1 is 0.571 bits per heavy atom. The van der Waals surface area contributed by atoms with Gasteiger partial charge in [-0.05, 0) is 40.0 Å². The summed E-state index contributed by atoms with van der Waals surface area (Å²) in [6.07, 6.45) is -1.29. The Labute approximate surface area is 167 Å². The summed E-state index contributed by atoms with van der Waals surface area (Å²) in [5.41, 5.74) is 0. The van der Waals surface area contributed by atoms with Crippen LogP contribution in [0, 0.1) is 0 Å². The fraction of sp³-hybridized carbons (Fsp3) is 0.667. The summed E-state index contributed by atoms with van der Waals surface area (Å²) in [5, 5.41) is 30.0. The van der Waals surface area contributed by atoms with Crippen LogP contribution in [-0.4, -0.2) is 64.7 Å². The van der Waals surface area contributed by atoms with Crippen molar-refractivity contribution in [1.82, 2.24) is 0 Å². The molecule has 0 saturated heterocycles. The van der Waals surface area contributed by atoms with Crippen LogP contribution in [0.4, 0.5) is 0 Å². The molecule has 10 heteroatoms. The van der Waals surface area contributed by atoms with Crippen molar-refractivity contribution in [2.75, 3.05) is 0 Å². The molecule has 0 heterocycles. The fourth-order valence-electron chi connectivity index (χ4n) is 4.51. The van der Waals surface area contributed by atoms with Gasteiger partial charge < -0.3 is 29.7 Å². The SMILES string of the molecule is CC[C](C(C)=O)(C(=O)O)[Al]([C](CC)(C(C)=O)C(=O)O)[C](CC)(C(C)=O)C(=O)O. The molecule has 0 spiro atoms. The molecule has 0 radical (unpaired) electrons. The zero-order chi connectivity index (χ0) is 22.7. The van der Waals surface area contributed by atoms with E-state index in [-0.39, 0.29) is 0 Å². The second-order valence-corrected chi connectivity index (χ2v) is 10.8. The Morgan fingerprint density at radius 3 is 0.821 bits per heavy atom. The Morgan fingerprint density at radius 2 is 0.750 bits per heavy atom. The summed E-state index contributed by atoms with van der Waals surface area (Å²) in [6.45, 7) is 6.76. The van der Waals surface area contributed by atoms with E-state index in [1.807, 2.05) is 0 Å². The molecule has 0 aliphatic rings. The van der Waals surface area contributed by atoms with E-state index in [1.54, 1.807) is 0 Å². The summed E-state index contributed by atoms with van der Waals surface area (Å²) < 4.78 is -7.29. The average molecular weight is 414 g/mol. The minimum Gasteiger partial charge on any atom is -0.481 e. The fourth-order valence-corrected chi connectivity index (χ4v) is 10.2. The van der Waals surface area contributed by atoms with Crippen molar-refractivity contribution in [1.29, 1.82) is 0 Å². The van der Waals surface area contributed by atoms with Crippen LogP contribution in [-0.2, 0) is 28.8 Å². The molecule has 0 bridgehead atoms. The number of carbonyl (C=O) groups is 6. The standard InChI is InChI=1S/3C6H9O3.Al/c3*1-3-5(4(2)7)6(8)9;/h3*3H2,1-2H3,(H,8,9);. The van der Waals surface area contributed by atoms with E-state index < -0.39 is 81.5 Å². The van der Waals surface area contributed by atoms with Crippen LogP contribution in [0.25, 0.3) is 0 Å². The van der Waals surface area contributed by atoms with Crippen molar-refractivity contribution >= 4 is 49.4 Å². The van der Waals surface area contributed by atoms with Gasteiger partial charge in [-0.1, -0.05) is 20.8 Å². The molecule has 0 aliphatic heterocycles. The normalized spacial score (nSPS) is 17.4. The highest BCUT2D eigenvalue weighted by Crippen LogP contribution is 2.60. The van der Waals surface area contributed by atoms with Crippen molar-refractivity contribution in [2.45, 2.75) is 73.6 Å². The largest absolute Gasteiger partial charge is 0.481 e. The number of Topliss-reactive ketones (excluding diaryl/α,β-unsaturated/α-hetero) is 3. The summed E-state index contributed by atoms with van der Waals surface area (Å²) >= 11 is -4.18. The number of hydrogen-bond acceptors (Lipinski definition) is 6. The summed E-state index contributed by atoms with van der Waals surface area (Å²) in [4.78, 5) is 75.0. The zero-order valence-corrected chi connectivity index (χ0v) is 18.1. The van der Waals surface area contributed by atoms with Gasteiger partial charge in [-0.3, -0.25) is 14.4 Å². The minimum atomic E-state index is -4.18. The summed E-state index contributed by atoms with van der Waals surface area (Å²) in [5.74, 6) is -8.00. The van der Waals surface area contributed by atoms with Gasteiger partial charge in [0.25, 0.3) is 0 Å². The summed E-state index contributed by atoms with van der Waals surface area (Å²) in [6, 6.07) is 0.